The molecule has 0 saturated heterocycles. The summed E-state index contributed by atoms with van der Waals surface area (Å²) >= 11 is 0. The Morgan fingerprint density at radius 1 is 0.812 bits per heavy atom. The van der Waals surface area contributed by atoms with Crippen LogP contribution in [0, 0.1) is 30.6 Å². The van der Waals surface area contributed by atoms with Gasteiger partial charge in [0.05, 0.1) is 11.1 Å². The van der Waals surface area contributed by atoms with Crippen molar-refractivity contribution in [1.82, 2.24) is 0 Å². The van der Waals surface area contributed by atoms with Crippen molar-refractivity contribution < 1.29 is 19.1 Å². The molecule has 2 aromatic carbocycles. The highest BCUT2D eigenvalue weighted by Crippen LogP contribution is 2.61. The van der Waals surface area contributed by atoms with Crippen molar-refractivity contribution in [3.8, 4) is 0 Å². The van der Waals surface area contributed by atoms with Gasteiger partial charge in [-0.2, -0.15) is 0 Å². The molecule has 3 fully saturated rings. The third kappa shape index (κ3) is 3.96. The molecule has 5 rings (SSSR count). The summed E-state index contributed by atoms with van der Waals surface area (Å²) in [6, 6.07) is 14.9. The highest BCUT2D eigenvalue weighted by atomic mass is 16.6. The number of carbonyl (C=O) groups excluding carboxylic acids is 2. The molecule has 2 unspecified atom stereocenters. The summed E-state index contributed by atoms with van der Waals surface area (Å²) < 4.78 is 12.5. The maximum atomic E-state index is 13.2. The van der Waals surface area contributed by atoms with E-state index >= 15 is 0 Å². The zero-order valence-electron chi connectivity index (χ0n) is 19.8. The zero-order chi connectivity index (χ0) is 23.1. The van der Waals surface area contributed by atoms with Gasteiger partial charge in [-0.25, -0.2) is 9.59 Å². The van der Waals surface area contributed by atoms with E-state index in [2.05, 4.69) is 20.8 Å². The predicted octanol–water partition coefficient (Wildman–Crippen LogP) is 6.29. The van der Waals surface area contributed by atoms with Gasteiger partial charge in [-0.15, -0.1) is 0 Å². The molecule has 3 aliphatic rings. The first kappa shape index (κ1) is 22.6. The smallest absolute Gasteiger partial charge is 0.338 e. The molecular weight excluding hydrogens is 400 g/mol. The summed E-state index contributed by atoms with van der Waals surface area (Å²) in [4.78, 5) is 26.3. The average Bonchev–Trinajstić information content (AvgIpc) is 2.76. The third-order valence-electron chi connectivity index (χ3n) is 7.98. The van der Waals surface area contributed by atoms with Crippen LogP contribution in [0.4, 0.5) is 0 Å². The van der Waals surface area contributed by atoms with Crippen LogP contribution >= 0.6 is 0 Å². The van der Waals surface area contributed by atoms with Crippen LogP contribution in [-0.2, 0) is 9.47 Å². The minimum absolute atomic E-state index is 0.186. The maximum Gasteiger partial charge on any atom is 0.338 e. The minimum Gasteiger partial charge on any atom is -0.454 e. The van der Waals surface area contributed by atoms with Gasteiger partial charge in [-0.3, -0.25) is 0 Å². The largest absolute Gasteiger partial charge is 0.454 e. The van der Waals surface area contributed by atoms with E-state index in [1.54, 1.807) is 12.1 Å². The molecule has 0 aliphatic heterocycles. The summed E-state index contributed by atoms with van der Waals surface area (Å²) in [5, 5.41) is 0. The van der Waals surface area contributed by atoms with Gasteiger partial charge in [0.25, 0.3) is 0 Å². The fraction of sp³-hybridized carbons (Fsp3) is 0.500. The first-order chi connectivity index (χ1) is 15.1. The van der Waals surface area contributed by atoms with E-state index in [1.165, 1.54) is 0 Å². The highest BCUT2D eigenvalue weighted by Gasteiger charge is 2.63. The van der Waals surface area contributed by atoms with Gasteiger partial charge in [0, 0.05) is 10.8 Å². The Hall–Kier alpha value is -2.62. The Morgan fingerprint density at radius 3 is 1.72 bits per heavy atom. The van der Waals surface area contributed by atoms with E-state index in [9.17, 15) is 9.59 Å². The number of esters is 2. The molecule has 4 nitrogen and oxygen atoms in total. The van der Waals surface area contributed by atoms with Crippen molar-refractivity contribution in [3.63, 3.8) is 0 Å². The molecule has 170 valence electrons. The Labute approximate surface area is 191 Å². The second kappa shape index (κ2) is 8.38. The first-order valence-corrected chi connectivity index (χ1v) is 11.7. The standard InChI is InChI=1S/C28H34O4/c1-18(2)28-14-12-27(5,13-15-28)23(31-25(29)21-10-6-8-19(3)16-21)24(28)32-26(30)22-11-7-9-20(4)17-22/h6-11,16-18,23-24H,12-15H2,1-5H3. The fourth-order valence-corrected chi connectivity index (χ4v) is 5.72. The number of aryl methyl sites for hydroxylation is 2. The molecule has 4 heteroatoms. The van der Waals surface area contributed by atoms with E-state index in [-0.39, 0.29) is 22.8 Å². The molecule has 0 aromatic heterocycles. The third-order valence-corrected chi connectivity index (χ3v) is 7.98. The van der Waals surface area contributed by atoms with Gasteiger partial charge in [0.1, 0.15) is 12.2 Å². The van der Waals surface area contributed by atoms with Crippen LogP contribution in [0.15, 0.2) is 48.5 Å². The van der Waals surface area contributed by atoms with Crippen molar-refractivity contribution in [2.45, 2.75) is 72.5 Å². The van der Waals surface area contributed by atoms with Gasteiger partial charge in [-0.1, -0.05) is 56.2 Å². The predicted molar refractivity (Wildman–Crippen MR) is 125 cm³/mol. The fourth-order valence-electron chi connectivity index (χ4n) is 5.72. The summed E-state index contributed by atoms with van der Waals surface area (Å²) in [5.74, 6) is -0.378. The van der Waals surface area contributed by atoms with Crippen molar-refractivity contribution >= 4 is 11.9 Å². The number of ether oxygens (including phenoxy) is 2. The van der Waals surface area contributed by atoms with E-state index in [0.29, 0.717) is 17.0 Å². The van der Waals surface area contributed by atoms with Crippen LogP contribution in [0.1, 0.15) is 78.3 Å². The maximum absolute atomic E-state index is 13.2. The molecular formula is C28H34O4. The van der Waals surface area contributed by atoms with E-state index in [1.807, 2.05) is 50.2 Å². The normalized spacial score (nSPS) is 29.1. The van der Waals surface area contributed by atoms with E-state index in [0.717, 1.165) is 36.8 Å². The Balaban J connectivity index is 1.68. The Bertz CT molecular complexity index is 1010. The summed E-state index contributed by atoms with van der Waals surface area (Å²) in [6.07, 6.45) is 2.97. The molecule has 2 aromatic rings. The SMILES string of the molecule is Cc1cccc(C(=O)OC2C(OC(=O)c3cccc(C)c3)C3(C(C)C)CCC2(C)CC3)c1. The lowest BCUT2D eigenvalue weighted by Gasteiger charge is -2.61. The molecule has 0 spiro atoms. The lowest BCUT2D eigenvalue weighted by Crippen LogP contribution is -2.64. The second-order valence-corrected chi connectivity index (χ2v) is 10.4. The van der Waals surface area contributed by atoms with Gasteiger partial charge in [-0.05, 0) is 69.7 Å². The Kier molecular flexibility index (Phi) is 5.91. The van der Waals surface area contributed by atoms with Crippen LogP contribution in [0.2, 0.25) is 0 Å². The first-order valence-electron chi connectivity index (χ1n) is 11.7. The molecule has 0 radical (unpaired) electrons. The molecule has 2 atom stereocenters. The van der Waals surface area contributed by atoms with Crippen molar-refractivity contribution in [3.05, 3.63) is 70.8 Å². The van der Waals surface area contributed by atoms with Crippen LogP contribution in [0.3, 0.4) is 0 Å². The molecule has 0 amide bonds. The quantitative estimate of drug-likeness (QED) is 0.519. The molecule has 32 heavy (non-hydrogen) atoms. The molecule has 0 N–H and O–H groups in total. The molecule has 0 heterocycles. The van der Waals surface area contributed by atoms with Gasteiger partial charge >= 0.3 is 11.9 Å². The number of benzene rings is 2. The lowest BCUT2D eigenvalue weighted by atomic mass is 9.48. The summed E-state index contributed by atoms with van der Waals surface area (Å²) in [7, 11) is 0. The van der Waals surface area contributed by atoms with Crippen molar-refractivity contribution in [2.75, 3.05) is 0 Å². The minimum atomic E-state index is -0.464. The number of fused-ring (bicyclic) bond motifs is 3. The van der Waals surface area contributed by atoms with Gasteiger partial charge in [0.2, 0.25) is 0 Å². The number of rotatable bonds is 5. The number of carbonyl (C=O) groups is 2. The number of hydrogen-bond donors (Lipinski definition) is 0. The van der Waals surface area contributed by atoms with E-state index < -0.39 is 12.2 Å². The topological polar surface area (TPSA) is 52.6 Å². The van der Waals surface area contributed by atoms with Gasteiger partial charge in [0.15, 0.2) is 0 Å². The Morgan fingerprint density at radius 2 is 1.28 bits per heavy atom. The monoisotopic (exact) mass is 434 g/mol. The van der Waals surface area contributed by atoms with Crippen LogP contribution in [0.25, 0.3) is 0 Å². The molecule has 2 bridgehead atoms. The zero-order valence-corrected chi connectivity index (χ0v) is 19.8. The average molecular weight is 435 g/mol. The lowest BCUT2D eigenvalue weighted by molar-refractivity contribution is -0.210. The van der Waals surface area contributed by atoms with Crippen LogP contribution < -0.4 is 0 Å². The van der Waals surface area contributed by atoms with Crippen molar-refractivity contribution in [2.24, 2.45) is 16.7 Å². The summed E-state index contributed by atoms with van der Waals surface area (Å²) in [5.41, 5.74) is 2.72. The molecule has 3 aliphatic carbocycles. The van der Waals surface area contributed by atoms with Gasteiger partial charge < -0.3 is 9.47 Å². The van der Waals surface area contributed by atoms with Crippen molar-refractivity contribution in [1.29, 1.82) is 0 Å². The van der Waals surface area contributed by atoms with E-state index in [4.69, 9.17) is 9.47 Å². The summed E-state index contributed by atoms with van der Waals surface area (Å²) in [6.45, 7) is 10.5. The van der Waals surface area contributed by atoms with Crippen LogP contribution in [0.5, 0.6) is 0 Å². The second-order valence-electron chi connectivity index (χ2n) is 10.4. The highest BCUT2D eigenvalue weighted by molar-refractivity contribution is 5.90. The molecule has 3 saturated carbocycles. The van der Waals surface area contributed by atoms with Crippen LogP contribution in [-0.4, -0.2) is 24.1 Å². The number of hydrogen-bond acceptors (Lipinski definition) is 4.